The first-order chi connectivity index (χ1) is 12.1. The zero-order valence-electron chi connectivity index (χ0n) is 13.6. The molecule has 3 aromatic carbocycles. The Bertz CT molecular complexity index is 1100. The van der Waals surface area contributed by atoms with Gasteiger partial charge in [0, 0.05) is 27.4 Å². The van der Waals surface area contributed by atoms with Gasteiger partial charge < -0.3 is 0 Å². The fourth-order valence-electron chi connectivity index (χ4n) is 3.11. The minimum Gasteiger partial charge on any atom is -0.245 e. The highest BCUT2D eigenvalue weighted by molar-refractivity contribution is 9.10. The van der Waals surface area contributed by atoms with Crippen LogP contribution < -0.4 is 0 Å². The van der Waals surface area contributed by atoms with Crippen molar-refractivity contribution in [3.05, 3.63) is 100 Å². The van der Waals surface area contributed by atoms with Crippen LogP contribution in [0.25, 0.3) is 11.3 Å². The monoisotopic (exact) mass is 409 g/mol. The van der Waals surface area contributed by atoms with Gasteiger partial charge >= 0.3 is 0 Å². The normalized spacial score (nSPS) is 19.3. The van der Waals surface area contributed by atoms with Crippen LogP contribution in [0.2, 0.25) is 0 Å². The molecule has 1 atom stereocenters. The highest BCUT2D eigenvalue weighted by Gasteiger charge is 2.26. The van der Waals surface area contributed by atoms with E-state index in [1.54, 1.807) is 6.26 Å². The van der Waals surface area contributed by atoms with Gasteiger partial charge in [-0.05, 0) is 23.8 Å². The van der Waals surface area contributed by atoms with Crippen molar-refractivity contribution in [1.29, 1.82) is 0 Å². The fraction of sp³-hybridized carbons (Fsp3) is 0.0476. The van der Waals surface area contributed by atoms with Crippen LogP contribution in [0.3, 0.4) is 0 Å². The summed E-state index contributed by atoms with van der Waals surface area (Å²) in [4.78, 5) is 0.786. The van der Waals surface area contributed by atoms with E-state index < -0.39 is 9.73 Å². The molecule has 0 saturated heterocycles. The van der Waals surface area contributed by atoms with Gasteiger partial charge in [0.1, 0.15) is 0 Å². The van der Waals surface area contributed by atoms with E-state index in [2.05, 4.69) is 28.1 Å². The van der Waals surface area contributed by atoms with Crippen molar-refractivity contribution in [1.82, 2.24) is 0 Å². The first-order valence-corrected chi connectivity index (χ1v) is 10.6. The molecule has 0 bridgehead atoms. The van der Waals surface area contributed by atoms with E-state index in [-0.39, 0.29) is 0 Å². The van der Waals surface area contributed by atoms with Gasteiger partial charge in [0.15, 0.2) is 0 Å². The summed E-state index contributed by atoms with van der Waals surface area (Å²) in [5, 5.41) is 0. The molecule has 0 saturated carbocycles. The number of benzene rings is 3. The molecule has 0 aliphatic carbocycles. The molecule has 1 unspecified atom stereocenters. The SMILES string of the molecule is CS1(=O)=NC(c2ccccc2)=C(c2ccccc2)c2cc(Br)ccc21. The zero-order valence-corrected chi connectivity index (χ0v) is 16.0. The summed E-state index contributed by atoms with van der Waals surface area (Å²) in [6, 6.07) is 26.0. The lowest BCUT2D eigenvalue weighted by Gasteiger charge is -2.23. The molecule has 0 spiro atoms. The molecule has 0 N–H and O–H groups in total. The smallest absolute Gasteiger partial charge is 0.0890 e. The number of fused-ring (bicyclic) bond motifs is 1. The lowest BCUT2D eigenvalue weighted by molar-refractivity contribution is 0.680. The maximum absolute atomic E-state index is 13.3. The fourth-order valence-corrected chi connectivity index (χ4v) is 5.01. The number of hydrogen-bond acceptors (Lipinski definition) is 2. The lowest BCUT2D eigenvalue weighted by Crippen LogP contribution is -2.09. The molecule has 25 heavy (non-hydrogen) atoms. The van der Waals surface area contributed by atoms with Crippen molar-refractivity contribution in [2.75, 3.05) is 6.26 Å². The lowest BCUT2D eigenvalue weighted by atomic mass is 9.93. The predicted molar refractivity (Wildman–Crippen MR) is 108 cm³/mol. The molecule has 124 valence electrons. The quantitative estimate of drug-likeness (QED) is 0.522. The molecule has 4 rings (SSSR count). The first kappa shape index (κ1) is 16.3. The summed E-state index contributed by atoms with van der Waals surface area (Å²) in [5.74, 6) is 0. The molecule has 4 heteroatoms. The van der Waals surface area contributed by atoms with Gasteiger partial charge in [0.2, 0.25) is 0 Å². The Morgan fingerprint density at radius 3 is 2.08 bits per heavy atom. The van der Waals surface area contributed by atoms with Gasteiger partial charge in [-0.3, -0.25) is 0 Å². The van der Waals surface area contributed by atoms with Crippen molar-refractivity contribution < 1.29 is 4.21 Å². The molecular weight excluding hydrogens is 394 g/mol. The third-order valence-corrected chi connectivity index (χ3v) is 6.43. The Hall–Kier alpha value is -2.17. The Balaban J connectivity index is 2.15. The van der Waals surface area contributed by atoms with Crippen LogP contribution in [0, 0.1) is 0 Å². The van der Waals surface area contributed by atoms with E-state index in [4.69, 9.17) is 4.36 Å². The largest absolute Gasteiger partial charge is 0.245 e. The van der Waals surface area contributed by atoms with Crippen molar-refractivity contribution in [2.45, 2.75) is 4.90 Å². The average molecular weight is 410 g/mol. The minimum atomic E-state index is -2.50. The van der Waals surface area contributed by atoms with Crippen LogP contribution in [0.4, 0.5) is 0 Å². The van der Waals surface area contributed by atoms with E-state index >= 15 is 0 Å². The van der Waals surface area contributed by atoms with Crippen molar-refractivity contribution in [3.63, 3.8) is 0 Å². The summed E-state index contributed by atoms with van der Waals surface area (Å²) in [7, 11) is -2.50. The van der Waals surface area contributed by atoms with Crippen molar-refractivity contribution in [3.8, 4) is 0 Å². The topological polar surface area (TPSA) is 29.4 Å². The highest BCUT2D eigenvalue weighted by atomic mass is 79.9. The summed E-state index contributed by atoms with van der Waals surface area (Å²) in [5.41, 5.74) is 4.82. The predicted octanol–water partition coefficient (Wildman–Crippen LogP) is 5.84. The van der Waals surface area contributed by atoms with E-state index in [0.717, 1.165) is 37.3 Å². The average Bonchev–Trinajstić information content (AvgIpc) is 2.62. The molecule has 0 amide bonds. The summed E-state index contributed by atoms with van der Waals surface area (Å²) in [6.07, 6.45) is 1.71. The van der Waals surface area contributed by atoms with Gasteiger partial charge in [-0.25, -0.2) is 4.21 Å². The maximum Gasteiger partial charge on any atom is 0.0890 e. The number of rotatable bonds is 2. The minimum absolute atomic E-state index is 0.782. The second kappa shape index (κ2) is 6.28. The molecule has 0 radical (unpaired) electrons. The molecule has 0 fully saturated rings. The Labute approximate surface area is 156 Å². The highest BCUT2D eigenvalue weighted by Crippen LogP contribution is 2.42. The van der Waals surface area contributed by atoms with Crippen molar-refractivity contribution in [2.24, 2.45) is 4.36 Å². The zero-order chi connectivity index (χ0) is 17.4. The van der Waals surface area contributed by atoms with Crippen LogP contribution in [-0.4, -0.2) is 10.5 Å². The van der Waals surface area contributed by atoms with Crippen LogP contribution in [0.15, 0.2) is 92.6 Å². The van der Waals surface area contributed by atoms with E-state index in [1.807, 2.05) is 66.7 Å². The molecule has 0 aromatic heterocycles. The second-order valence-electron chi connectivity index (χ2n) is 5.99. The summed E-state index contributed by atoms with van der Waals surface area (Å²) in [6.45, 7) is 0. The number of nitrogens with zero attached hydrogens (tertiary/aromatic N) is 1. The Morgan fingerprint density at radius 1 is 0.840 bits per heavy atom. The third kappa shape index (κ3) is 2.96. The van der Waals surface area contributed by atoms with E-state index in [1.165, 1.54) is 0 Å². The molecule has 2 nitrogen and oxygen atoms in total. The maximum atomic E-state index is 13.3. The van der Waals surface area contributed by atoms with Gasteiger partial charge in [-0.15, -0.1) is 0 Å². The Kier molecular flexibility index (Phi) is 4.10. The number of hydrogen-bond donors (Lipinski definition) is 0. The Morgan fingerprint density at radius 2 is 1.44 bits per heavy atom. The standard InChI is InChI=1S/C21H16BrNOS/c1-25(24)19-13-12-17(22)14-18(19)20(15-8-4-2-5-9-15)21(23-25)16-10-6-3-7-11-16/h2-14H,1H3. The van der Waals surface area contributed by atoms with Gasteiger partial charge in [-0.1, -0.05) is 76.6 Å². The molecular formula is C21H16BrNOS. The van der Waals surface area contributed by atoms with E-state index in [9.17, 15) is 4.21 Å². The second-order valence-corrected chi connectivity index (χ2v) is 9.13. The summed E-state index contributed by atoms with van der Waals surface area (Å²) < 4.78 is 19.0. The summed E-state index contributed by atoms with van der Waals surface area (Å²) >= 11 is 3.56. The van der Waals surface area contributed by atoms with Crippen LogP contribution in [0.1, 0.15) is 16.7 Å². The van der Waals surface area contributed by atoms with E-state index in [0.29, 0.717) is 0 Å². The third-order valence-electron chi connectivity index (χ3n) is 4.23. The van der Waals surface area contributed by atoms with Gasteiger partial charge in [-0.2, -0.15) is 4.36 Å². The van der Waals surface area contributed by atoms with Crippen LogP contribution >= 0.6 is 15.9 Å². The van der Waals surface area contributed by atoms with Crippen LogP contribution in [0.5, 0.6) is 0 Å². The molecule has 1 aliphatic rings. The molecule has 1 aliphatic heterocycles. The van der Waals surface area contributed by atoms with Crippen molar-refractivity contribution >= 4 is 36.9 Å². The first-order valence-electron chi connectivity index (χ1n) is 7.93. The molecule has 3 aromatic rings. The van der Waals surface area contributed by atoms with Gasteiger partial charge in [0.25, 0.3) is 0 Å². The number of halogens is 1. The van der Waals surface area contributed by atoms with Crippen LogP contribution in [-0.2, 0) is 9.73 Å². The molecule has 1 heterocycles. The van der Waals surface area contributed by atoms with Gasteiger partial charge in [0.05, 0.1) is 20.3 Å².